The second-order valence-corrected chi connectivity index (χ2v) is 13.5. The Balaban J connectivity index is 1.84. The topological polar surface area (TPSA) is 27.7 Å². The van der Waals surface area contributed by atoms with Crippen LogP contribution in [-0.4, -0.2) is 28.1 Å². The SMILES string of the molecule is CC[C@H](CO[Si](c1ccccc1)(c1ccccc1)C(C)(C)C)OCc1ccc(OC)cc1. The minimum Gasteiger partial charge on any atom is -0.497 e. The fourth-order valence-electron chi connectivity index (χ4n) is 4.20. The fourth-order valence-corrected chi connectivity index (χ4v) is 8.79. The van der Waals surface area contributed by atoms with Crippen LogP contribution in [0.1, 0.15) is 39.7 Å². The Morgan fingerprint density at radius 3 is 1.75 bits per heavy atom. The fraction of sp³-hybridized carbons (Fsp3) is 0.357. The number of benzene rings is 3. The van der Waals surface area contributed by atoms with Crippen LogP contribution < -0.4 is 15.1 Å². The average molecular weight is 449 g/mol. The molecule has 0 heterocycles. The summed E-state index contributed by atoms with van der Waals surface area (Å²) in [7, 11) is -0.864. The Kier molecular flexibility index (Phi) is 8.30. The highest BCUT2D eigenvalue weighted by Crippen LogP contribution is 2.37. The summed E-state index contributed by atoms with van der Waals surface area (Å²) in [6.45, 7) is 10.2. The normalized spacial score (nSPS) is 13.0. The van der Waals surface area contributed by atoms with Gasteiger partial charge in [-0.2, -0.15) is 0 Å². The van der Waals surface area contributed by atoms with E-state index >= 15 is 0 Å². The molecule has 3 aromatic carbocycles. The molecule has 0 unspecified atom stereocenters. The number of ether oxygens (including phenoxy) is 2. The molecule has 0 amide bonds. The van der Waals surface area contributed by atoms with E-state index in [2.05, 4.69) is 100 Å². The third-order valence-corrected chi connectivity index (χ3v) is 11.0. The van der Waals surface area contributed by atoms with E-state index in [1.54, 1.807) is 7.11 Å². The van der Waals surface area contributed by atoms with E-state index in [4.69, 9.17) is 13.9 Å². The van der Waals surface area contributed by atoms with Gasteiger partial charge in [0.15, 0.2) is 0 Å². The van der Waals surface area contributed by atoms with Crippen molar-refractivity contribution in [1.29, 1.82) is 0 Å². The lowest BCUT2D eigenvalue weighted by molar-refractivity contribution is 0.00506. The van der Waals surface area contributed by atoms with Gasteiger partial charge in [-0.1, -0.05) is 100 Å². The highest BCUT2D eigenvalue weighted by molar-refractivity contribution is 6.99. The van der Waals surface area contributed by atoms with Crippen LogP contribution >= 0.6 is 0 Å². The molecule has 0 radical (unpaired) electrons. The summed E-state index contributed by atoms with van der Waals surface area (Å²) in [6.07, 6.45) is 0.924. The van der Waals surface area contributed by atoms with E-state index in [0.29, 0.717) is 13.2 Å². The molecular weight excluding hydrogens is 412 g/mol. The van der Waals surface area contributed by atoms with E-state index < -0.39 is 8.32 Å². The molecule has 32 heavy (non-hydrogen) atoms. The first-order valence-electron chi connectivity index (χ1n) is 11.4. The molecule has 0 saturated carbocycles. The van der Waals surface area contributed by atoms with Gasteiger partial charge in [0.05, 0.1) is 26.4 Å². The van der Waals surface area contributed by atoms with Gasteiger partial charge in [0.25, 0.3) is 8.32 Å². The van der Waals surface area contributed by atoms with Crippen LogP contribution in [0, 0.1) is 0 Å². The van der Waals surface area contributed by atoms with E-state index in [-0.39, 0.29) is 11.1 Å². The lowest BCUT2D eigenvalue weighted by atomic mass is 10.2. The zero-order chi connectivity index (χ0) is 23.0. The summed E-state index contributed by atoms with van der Waals surface area (Å²) in [5.41, 5.74) is 1.13. The second kappa shape index (κ2) is 11.0. The third kappa shape index (κ3) is 5.50. The molecule has 0 saturated heterocycles. The van der Waals surface area contributed by atoms with Crippen molar-refractivity contribution in [2.24, 2.45) is 0 Å². The maximum atomic E-state index is 7.04. The van der Waals surface area contributed by atoms with Crippen molar-refractivity contribution >= 4 is 18.7 Å². The second-order valence-electron chi connectivity index (χ2n) is 9.16. The van der Waals surface area contributed by atoms with Crippen LogP contribution in [-0.2, 0) is 15.8 Å². The largest absolute Gasteiger partial charge is 0.497 e. The molecule has 4 heteroatoms. The number of rotatable bonds is 10. The molecule has 0 fully saturated rings. The van der Waals surface area contributed by atoms with Crippen LogP contribution in [0.2, 0.25) is 5.04 Å². The molecule has 3 aromatic rings. The lowest BCUT2D eigenvalue weighted by Gasteiger charge is -2.43. The minimum absolute atomic E-state index is 0.0266. The Bertz CT molecular complexity index is 894. The number of hydrogen-bond donors (Lipinski definition) is 0. The Hall–Kier alpha value is -2.40. The first-order valence-corrected chi connectivity index (χ1v) is 13.3. The van der Waals surface area contributed by atoms with E-state index in [0.717, 1.165) is 17.7 Å². The molecule has 0 spiro atoms. The molecular formula is C28H36O3Si. The van der Waals surface area contributed by atoms with Crippen molar-refractivity contribution < 1.29 is 13.9 Å². The van der Waals surface area contributed by atoms with Gasteiger partial charge in [0, 0.05) is 0 Å². The highest BCUT2D eigenvalue weighted by Gasteiger charge is 2.50. The van der Waals surface area contributed by atoms with Gasteiger partial charge in [-0.3, -0.25) is 0 Å². The molecule has 0 aliphatic rings. The molecule has 0 N–H and O–H groups in total. The number of hydrogen-bond acceptors (Lipinski definition) is 3. The monoisotopic (exact) mass is 448 g/mol. The summed E-state index contributed by atoms with van der Waals surface area (Å²) < 4.78 is 18.6. The Morgan fingerprint density at radius 1 is 0.781 bits per heavy atom. The average Bonchev–Trinajstić information content (AvgIpc) is 2.82. The van der Waals surface area contributed by atoms with Crippen LogP contribution in [0.3, 0.4) is 0 Å². The zero-order valence-electron chi connectivity index (χ0n) is 20.0. The van der Waals surface area contributed by atoms with Crippen molar-refractivity contribution in [2.75, 3.05) is 13.7 Å². The van der Waals surface area contributed by atoms with Gasteiger partial charge in [-0.15, -0.1) is 0 Å². The van der Waals surface area contributed by atoms with Crippen molar-refractivity contribution in [3.63, 3.8) is 0 Å². The van der Waals surface area contributed by atoms with Gasteiger partial charge in [0.2, 0.25) is 0 Å². The zero-order valence-corrected chi connectivity index (χ0v) is 21.0. The summed E-state index contributed by atoms with van der Waals surface area (Å²) >= 11 is 0. The van der Waals surface area contributed by atoms with Crippen LogP contribution in [0.5, 0.6) is 5.75 Å². The predicted molar refractivity (Wildman–Crippen MR) is 135 cm³/mol. The standard InChI is InChI=1S/C28H36O3Si/c1-6-24(30-21-23-17-19-25(29-5)20-18-23)22-31-32(28(2,3)4,26-13-9-7-10-14-26)27-15-11-8-12-16-27/h7-20,24H,6,21-22H2,1-5H3/t24-/m1/s1. The van der Waals surface area contributed by atoms with Gasteiger partial charge in [-0.25, -0.2) is 0 Å². The van der Waals surface area contributed by atoms with Crippen molar-refractivity contribution in [1.82, 2.24) is 0 Å². The molecule has 3 rings (SSSR count). The predicted octanol–water partition coefficient (Wildman–Crippen LogP) is 5.57. The maximum Gasteiger partial charge on any atom is 0.261 e. The molecule has 170 valence electrons. The highest BCUT2D eigenvalue weighted by atomic mass is 28.4. The smallest absolute Gasteiger partial charge is 0.261 e. The summed E-state index contributed by atoms with van der Waals surface area (Å²) in [5.74, 6) is 0.857. The summed E-state index contributed by atoms with van der Waals surface area (Å²) in [5, 5.41) is 2.55. The quantitative estimate of drug-likeness (QED) is 0.380. The molecule has 0 bridgehead atoms. The molecule has 3 nitrogen and oxygen atoms in total. The third-order valence-electron chi connectivity index (χ3n) is 6.00. The summed E-state index contributed by atoms with van der Waals surface area (Å²) in [6, 6.07) is 29.6. The van der Waals surface area contributed by atoms with Crippen LogP contribution in [0.25, 0.3) is 0 Å². The van der Waals surface area contributed by atoms with Crippen molar-refractivity contribution in [3.05, 3.63) is 90.5 Å². The molecule has 0 aliphatic heterocycles. The molecule has 0 aliphatic carbocycles. The van der Waals surface area contributed by atoms with Gasteiger partial charge in [-0.05, 0) is 39.5 Å². The first-order chi connectivity index (χ1) is 15.4. The Morgan fingerprint density at radius 2 is 1.31 bits per heavy atom. The van der Waals surface area contributed by atoms with Crippen molar-refractivity contribution in [3.8, 4) is 5.75 Å². The molecule has 0 aromatic heterocycles. The van der Waals surface area contributed by atoms with Crippen molar-refractivity contribution in [2.45, 2.75) is 51.9 Å². The van der Waals surface area contributed by atoms with Gasteiger partial charge < -0.3 is 13.9 Å². The molecule has 1 atom stereocenters. The van der Waals surface area contributed by atoms with Gasteiger partial charge >= 0.3 is 0 Å². The minimum atomic E-state index is -2.55. The summed E-state index contributed by atoms with van der Waals surface area (Å²) in [4.78, 5) is 0. The van der Waals surface area contributed by atoms with Gasteiger partial charge in [0.1, 0.15) is 5.75 Å². The Labute approximate surface area is 194 Å². The van der Waals surface area contributed by atoms with Crippen LogP contribution in [0.15, 0.2) is 84.9 Å². The van der Waals surface area contributed by atoms with E-state index in [1.165, 1.54) is 10.4 Å². The first kappa shape index (κ1) is 24.2. The number of methoxy groups -OCH3 is 1. The van der Waals surface area contributed by atoms with Crippen LogP contribution in [0.4, 0.5) is 0 Å². The lowest BCUT2D eigenvalue weighted by Crippen LogP contribution is -2.67. The van der Waals surface area contributed by atoms with E-state index in [1.807, 2.05) is 12.1 Å². The van der Waals surface area contributed by atoms with E-state index in [9.17, 15) is 0 Å². The maximum absolute atomic E-state index is 7.04.